The fourth-order valence-electron chi connectivity index (χ4n) is 1.54. The van der Waals surface area contributed by atoms with Crippen LogP contribution in [0, 0.1) is 0 Å². The quantitative estimate of drug-likeness (QED) is 0.590. The minimum Gasteiger partial charge on any atom is -0.465 e. The highest BCUT2D eigenvalue weighted by Crippen LogP contribution is 2.25. The number of rotatable bonds is 2. The minimum atomic E-state index is -0.501. The number of hydrogen-bond acceptors (Lipinski definition) is 7. The van der Waals surface area contributed by atoms with Crippen LogP contribution >= 0.6 is 11.3 Å². The van der Waals surface area contributed by atoms with Crippen LogP contribution in [0.5, 0.6) is 0 Å². The van der Waals surface area contributed by atoms with E-state index < -0.39 is 12.0 Å². The lowest BCUT2D eigenvalue weighted by molar-refractivity contribution is -0.132. The number of hydrogen-bond donors (Lipinski definition) is 1. The molecule has 1 aliphatic heterocycles. The van der Waals surface area contributed by atoms with Gasteiger partial charge in [0, 0.05) is 0 Å². The monoisotopic (exact) mass is 269 g/mol. The number of carbonyl (C=O) groups excluding carboxylic acids is 3. The van der Waals surface area contributed by atoms with Gasteiger partial charge in [0.25, 0.3) is 0 Å². The van der Waals surface area contributed by atoms with E-state index in [0.29, 0.717) is 10.0 Å². The third-order valence-corrected chi connectivity index (χ3v) is 3.56. The highest BCUT2D eigenvalue weighted by Gasteiger charge is 2.32. The summed E-state index contributed by atoms with van der Waals surface area (Å²) in [6.07, 6.45) is 1.37. The van der Waals surface area contributed by atoms with Gasteiger partial charge in [-0.25, -0.2) is 9.78 Å². The molecule has 0 aromatic carbocycles. The van der Waals surface area contributed by atoms with E-state index in [1.807, 2.05) is 0 Å². The Morgan fingerprint density at radius 3 is 3.00 bits per heavy atom. The fourth-order valence-corrected chi connectivity index (χ4v) is 2.45. The van der Waals surface area contributed by atoms with E-state index in [4.69, 9.17) is 0 Å². The van der Waals surface area contributed by atoms with Crippen LogP contribution in [0.1, 0.15) is 16.6 Å². The van der Waals surface area contributed by atoms with Crippen molar-refractivity contribution in [1.29, 1.82) is 0 Å². The highest BCUT2D eigenvalue weighted by molar-refractivity contribution is 7.17. The number of anilines is 1. The SMILES string of the molecule is COC(=O)c1cnc(N2CC(=O)NC(=O)C2C)s1. The lowest BCUT2D eigenvalue weighted by Crippen LogP contribution is -2.57. The maximum absolute atomic E-state index is 11.5. The van der Waals surface area contributed by atoms with Crippen LogP contribution in [0.15, 0.2) is 6.20 Å². The van der Waals surface area contributed by atoms with Crippen molar-refractivity contribution in [2.24, 2.45) is 0 Å². The summed E-state index contributed by atoms with van der Waals surface area (Å²) in [5.74, 6) is -1.24. The van der Waals surface area contributed by atoms with Gasteiger partial charge in [-0.05, 0) is 6.92 Å². The lowest BCUT2D eigenvalue weighted by Gasteiger charge is -2.31. The minimum absolute atomic E-state index is 0.0427. The standard InChI is InChI=1S/C10H11N3O4S/c1-5-8(15)12-7(14)4-13(5)10-11-3-6(18-10)9(16)17-2/h3,5H,4H2,1-2H3,(H,12,14,15). The Morgan fingerprint density at radius 2 is 2.33 bits per heavy atom. The molecule has 1 fully saturated rings. The number of methoxy groups -OCH3 is 1. The molecule has 1 unspecified atom stereocenters. The number of carbonyl (C=O) groups is 3. The van der Waals surface area contributed by atoms with Gasteiger partial charge in [0.15, 0.2) is 5.13 Å². The van der Waals surface area contributed by atoms with Gasteiger partial charge in [-0.1, -0.05) is 11.3 Å². The van der Waals surface area contributed by atoms with Crippen molar-refractivity contribution in [2.45, 2.75) is 13.0 Å². The first-order valence-electron chi connectivity index (χ1n) is 5.17. The summed E-state index contributed by atoms with van der Waals surface area (Å²) >= 11 is 1.09. The first kappa shape index (κ1) is 12.5. The molecule has 18 heavy (non-hydrogen) atoms. The zero-order valence-electron chi connectivity index (χ0n) is 9.80. The molecule has 0 saturated carbocycles. The second-order valence-corrected chi connectivity index (χ2v) is 4.72. The van der Waals surface area contributed by atoms with Crippen molar-refractivity contribution >= 4 is 34.3 Å². The predicted molar refractivity (Wildman–Crippen MR) is 63.4 cm³/mol. The summed E-state index contributed by atoms with van der Waals surface area (Å²) in [4.78, 5) is 40.0. The molecule has 0 spiro atoms. The molecule has 1 aliphatic rings. The number of aromatic nitrogens is 1. The number of ether oxygens (including phenoxy) is 1. The highest BCUT2D eigenvalue weighted by atomic mass is 32.1. The van der Waals surface area contributed by atoms with E-state index in [0.717, 1.165) is 11.3 Å². The van der Waals surface area contributed by atoms with Crippen molar-refractivity contribution in [3.05, 3.63) is 11.1 Å². The average Bonchev–Trinajstić information content (AvgIpc) is 2.82. The van der Waals surface area contributed by atoms with Gasteiger partial charge in [-0.15, -0.1) is 0 Å². The summed E-state index contributed by atoms with van der Waals surface area (Å²) in [7, 11) is 1.28. The Hall–Kier alpha value is -1.96. The summed E-state index contributed by atoms with van der Waals surface area (Å²) in [5.41, 5.74) is 0. The maximum atomic E-state index is 11.5. The molecule has 8 heteroatoms. The van der Waals surface area contributed by atoms with E-state index in [9.17, 15) is 14.4 Å². The molecule has 0 bridgehead atoms. The summed E-state index contributed by atoms with van der Waals surface area (Å²) in [6, 6.07) is -0.501. The van der Waals surface area contributed by atoms with Crippen molar-refractivity contribution in [3.8, 4) is 0 Å². The molecule has 1 saturated heterocycles. The van der Waals surface area contributed by atoms with Crippen LogP contribution in [-0.2, 0) is 14.3 Å². The van der Waals surface area contributed by atoms with Crippen LogP contribution in [-0.4, -0.2) is 42.5 Å². The maximum Gasteiger partial charge on any atom is 0.349 e. The summed E-state index contributed by atoms with van der Waals surface area (Å²) in [6.45, 7) is 1.71. The van der Waals surface area contributed by atoms with Crippen molar-refractivity contribution in [2.75, 3.05) is 18.6 Å². The van der Waals surface area contributed by atoms with Crippen molar-refractivity contribution < 1.29 is 19.1 Å². The van der Waals surface area contributed by atoms with Crippen molar-refractivity contribution in [3.63, 3.8) is 0 Å². The smallest absolute Gasteiger partial charge is 0.349 e. The second kappa shape index (κ2) is 4.73. The summed E-state index contributed by atoms with van der Waals surface area (Å²) in [5, 5.41) is 2.69. The lowest BCUT2D eigenvalue weighted by atomic mass is 10.2. The van der Waals surface area contributed by atoms with E-state index in [1.54, 1.807) is 11.8 Å². The molecule has 96 valence electrons. The number of piperazine rings is 1. The molecule has 1 atom stereocenters. The third-order valence-electron chi connectivity index (χ3n) is 2.55. The first-order chi connectivity index (χ1) is 8.52. The van der Waals surface area contributed by atoms with Crippen LogP contribution in [0.3, 0.4) is 0 Å². The second-order valence-electron chi connectivity index (χ2n) is 3.71. The number of amides is 2. The number of thiazole rings is 1. The largest absolute Gasteiger partial charge is 0.465 e. The molecule has 1 N–H and O–H groups in total. The van der Waals surface area contributed by atoms with Crippen LogP contribution < -0.4 is 10.2 Å². The Bertz CT molecular complexity index is 513. The van der Waals surface area contributed by atoms with Crippen molar-refractivity contribution in [1.82, 2.24) is 10.3 Å². The molecule has 0 radical (unpaired) electrons. The third kappa shape index (κ3) is 2.19. The van der Waals surface area contributed by atoms with Gasteiger partial charge in [0.1, 0.15) is 17.5 Å². The van der Waals surface area contributed by atoms with Gasteiger partial charge in [-0.2, -0.15) is 0 Å². The first-order valence-corrected chi connectivity index (χ1v) is 5.99. The van der Waals surface area contributed by atoms with Gasteiger partial charge < -0.3 is 9.64 Å². The zero-order valence-corrected chi connectivity index (χ0v) is 10.6. The molecule has 1 aromatic heterocycles. The Morgan fingerprint density at radius 1 is 1.61 bits per heavy atom. The number of esters is 1. The van der Waals surface area contributed by atoms with Gasteiger partial charge >= 0.3 is 5.97 Å². The van der Waals surface area contributed by atoms with Crippen LogP contribution in [0.4, 0.5) is 5.13 Å². The molecule has 2 amide bonds. The fraction of sp³-hybridized carbons (Fsp3) is 0.400. The van der Waals surface area contributed by atoms with Gasteiger partial charge in [0.05, 0.1) is 13.3 Å². The predicted octanol–water partition coefficient (Wildman–Crippen LogP) is -0.219. The molecular weight excluding hydrogens is 258 g/mol. The van der Waals surface area contributed by atoms with Crippen LogP contribution in [0.25, 0.3) is 0 Å². The molecular formula is C10H11N3O4S. The molecule has 0 aliphatic carbocycles. The van der Waals surface area contributed by atoms with Gasteiger partial charge in [0.2, 0.25) is 11.8 Å². The molecule has 1 aromatic rings. The van der Waals surface area contributed by atoms with E-state index in [2.05, 4.69) is 15.0 Å². The number of nitrogens with one attached hydrogen (secondary N) is 1. The molecule has 2 heterocycles. The molecule has 7 nitrogen and oxygen atoms in total. The topological polar surface area (TPSA) is 88.6 Å². The average molecular weight is 269 g/mol. The Kier molecular flexibility index (Phi) is 3.28. The van der Waals surface area contributed by atoms with E-state index in [-0.39, 0.29) is 18.4 Å². The number of imide groups is 1. The van der Waals surface area contributed by atoms with Gasteiger partial charge in [-0.3, -0.25) is 14.9 Å². The number of nitrogens with zero attached hydrogens (tertiary/aromatic N) is 2. The molecule has 2 rings (SSSR count). The van der Waals surface area contributed by atoms with E-state index >= 15 is 0 Å². The summed E-state index contributed by atoms with van der Waals surface area (Å²) < 4.78 is 4.57. The Labute approximate surface area is 107 Å². The normalized spacial score (nSPS) is 19.7. The van der Waals surface area contributed by atoms with Crippen LogP contribution in [0.2, 0.25) is 0 Å². The Balaban J connectivity index is 2.25. The van der Waals surface area contributed by atoms with E-state index in [1.165, 1.54) is 13.3 Å². The zero-order chi connectivity index (χ0) is 13.3.